The fourth-order valence-corrected chi connectivity index (χ4v) is 3.92. The molecule has 0 aromatic carbocycles. The van der Waals surface area contributed by atoms with Gasteiger partial charge in [0.1, 0.15) is 0 Å². The Labute approximate surface area is 139 Å². The van der Waals surface area contributed by atoms with Crippen LogP contribution in [0.15, 0.2) is 0 Å². The van der Waals surface area contributed by atoms with Gasteiger partial charge >= 0.3 is 5.97 Å². The van der Waals surface area contributed by atoms with Crippen LogP contribution in [-0.2, 0) is 19.1 Å². The molecule has 0 atom stereocenters. The Morgan fingerprint density at radius 2 is 1.87 bits per heavy atom. The maximum Gasteiger partial charge on any atom is 0.307 e. The highest BCUT2D eigenvalue weighted by Crippen LogP contribution is 2.44. The van der Waals surface area contributed by atoms with E-state index in [2.05, 4.69) is 12.2 Å². The van der Waals surface area contributed by atoms with E-state index in [1.807, 2.05) is 0 Å². The highest BCUT2D eigenvalue weighted by Gasteiger charge is 2.46. The van der Waals surface area contributed by atoms with E-state index in [0.717, 1.165) is 64.4 Å². The van der Waals surface area contributed by atoms with E-state index in [1.165, 1.54) is 7.11 Å². The lowest BCUT2D eigenvalue weighted by Crippen LogP contribution is -2.54. The largest absolute Gasteiger partial charge is 0.469 e. The van der Waals surface area contributed by atoms with Gasteiger partial charge in [0.05, 0.1) is 24.7 Å². The molecule has 1 amide bonds. The number of methoxy groups -OCH3 is 1. The Morgan fingerprint density at radius 1 is 1.13 bits per heavy atom. The van der Waals surface area contributed by atoms with Crippen LogP contribution < -0.4 is 5.32 Å². The first kappa shape index (κ1) is 18.2. The fraction of sp³-hybridized carbons (Fsp3) is 0.889. The van der Waals surface area contributed by atoms with Crippen LogP contribution in [0.5, 0.6) is 0 Å². The number of unbranched alkanes of at least 4 members (excludes halogenated alkanes) is 2. The second-order valence-corrected chi connectivity index (χ2v) is 7.17. The van der Waals surface area contributed by atoms with Crippen LogP contribution >= 0.6 is 0 Å². The van der Waals surface area contributed by atoms with Gasteiger partial charge in [-0.2, -0.15) is 0 Å². The monoisotopic (exact) mass is 325 g/mol. The molecule has 0 unspecified atom stereocenters. The number of esters is 1. The van der Waals surface area contributed by atoms with Crippen molar-refractivity contribution in [2.45, 2.75) is 88.7 Å². The van der Waals surface area contributed by atoms with E-state index in [1.54, 1.807) is 0 Å². The fourth-order valence-electron chi connectivity index (χ4n) is 3.92. The van der Waals surface area contributed by atoms with Crippen LogP contribution in [0.3, 0.4) is 0 Å². The summed E-state index contributed by atoms with van der Waals surface area (Å²) in [4.78, 5) is 24.1. The smallest absolute Gasteiger partial charge is 0.307 e. The molecule has 1 spiro atoms. The third-order valence-electron chi connectivity index (χ3n) is 5.43. The highest BCUT2D eigenvalue weighted by molar-refractivity contribution is 5.78. The normalized spacial score (nSPS) is 30.3. The van der Waals surface area contributed by atoms with Gasteiger partial charge in [0.2, 0.25) is 5.91 Å². The number of nitrogens with one attached hydrogen (secondary N) is 1. The SMILES string of the molecule is CCCCCC(=O)NC1(CC(=O)OC)CCC2(CCCO2)CC1. The lowest BCUT2D eigenvalue weighted by molar-refractivity contribution is -0.144. The van der Waals surface area contributed by atoms with Crippen molar-refractivity contribution >= 4 is 11.9 Å². The first-order valence-electron chi connectivity index (χ1n) is 9.05. The molecular weight excluding hydrogens is 294 g/mol. The van der Waals surface area contributed by atoms with Gasteiger partial charge in [-0.3, -0.25) is 9.59 Å². The van der Waals surface area contributed by atoms with Crippen LogP contribution in [0.4, 0.5) is 0 Å². The molecule has 2 aliphatic rings. The van der Waals surface area contributed by atoms with Crippen LogP contribution in [-0.4, -0.2) is 36.7 Å². The molecule has 23 heavy (non-hydrogen) atoms. The molecule has 0 bridgehead atoms. The summed E-state index contributed by atoms with van der Waals surface area (Å²) in [5.41, 5.74) is -0.458. The van der Waals surface area contributed by atoms with Crippen LogP contribution in [0.2, 0.25) is 0 Å². The molecule has 1 aliphatic heterocycles. The summed E-state index contributed by atoms with van der Waals surface area (Å²) in [5.74, 6) is -0.187. The Balaban J connectivity index is 1.96. The van der Waals surface area contributed by atoms with Crippen LogP contribution in [0, 0.1) is 0 Å². The van der Waals surface area contributed by atoms with Crippen molar-refractivity contribution in [1.29, 1.82) is 0 Å². The maximum atomic E-state index is 12.3. The molecule has 1 saturated carbocycles. The van der Waals surface area contributed by atoms with Crippen molar-refractivity contribution in [3.8, 4) is 0 Å². The zero-order chi connectivity index (χ0) is 16.8. The van der Waals surface area contributed by atoms with E-state index < -0.39 is 5.54 Å². The molecule has 2 rings (SSSR count). The summed E-state index contributed by atoms with van der Waals surface area (Å²) < 4.78 is 10.8. The van der Waals surface area contributed by atoms with E-state index in [0.29, 0.717) is 6.42 Å². The second-order valence-electron chi connectivity index (χ2n) is 7.17. The first-order valence-corrected chi connectivity index (χ1v) is 9.05. The van der Waals surface area contributed by atoms with Crippen molar-refractivity contribution < 1.29 is 19.1 Å². The van der Waals surface area contributed by atoms with Gasteiger partial charge in [-0.15, -0.1) is 0 Å². The quantitative estimate of drug-likeness (QED) is 0.577. The minimum Gasteiger partial charge on any atom is -0.469 e. The standard InChI is InChI=1S/C18H31NO4/c1-3-4-5-7-15(20)19-17(14-16(21)22-2)9-11-18(12-10-17)8-6-13-23-18/h3-14H2,1-2H3,(H,19,20). The van der Waals surface area contributed by atoms with Crippen molar-refractivity contribution in [1.82, 2.24) is 5.32 Å². The number of carbonyl (C=O) groups excluding carboxylic acids is 2. The minimum absolute atomic E-state index is 0.00738. The van der Waals surface area contributed by atoms with Gasteiger partial charge in [0.15, 0.2) is 0 Å². The Kier molecular flexibility index (Phi) is 6.45. The third kappa shape index (κ3) is 4.93. The van der Waals surface area contributed by atoms with Gasteiger partial charge < -0.3 is 14.8 Å². The summed E-state index contributed by atoms with van der Waals surface area (Å²) in [6.07, 6.45) is 9.51. The molecule has 0 aromatic heterocycles. The van der Waals surface area contributed by atoms with Gasteiger partial charge in [-0.1, -0.05) is 19.8 Å². The summed E-state index contributed by atoms with van der Waals surface area (Å²) in [7, 11) is 1.41. The highest BCUT2D eigenvalue weighted by atomic mass is 16.5. The molecule has 5 nitrogen and oxygen atoms in total. The van der Waals surface area contributed by atoms with Crippen LogP contribution in [0.25, 0.3) is 0 Å². The Hall–Kier alpha value is -1.10. The van der Waals surface area contributed by atoms with Gasteiger partial charge in [0, 0.05) is 13.0 Å². The summed E-state index contributed by atoms with van der Waals surface area (Å²) in [6.45, 7) is 2.96. The summed E-state index contributed by atoms with van der Waals surface area (Å²) >= 11 is 0. The average molecular weight is 325 g/mol. The third-order valence-corrected chi connectivity index (χ3v) is 5.43. The number of ether oxygens (including phenoxy) is 2. The number of hydrogen-bond donors (Lipinski definition) is 1. The number of rotatable bonds is 7. The van der Waals surface area contributed by atoms with Crippen molar-refractivity contribution in [2.75, 3.05) is 13.7 Å². The molecule has 1 N–H and O–H groups in total. The number of carbonyl (C=O) groups is 2. The van der Waals surface area contributed by atoms with E-state index in [9.17, 15) is 9.59 Å². The Morgan fingerprint density at radius 3 is 2.43 bits per heavy atom. The molecule has 0 aromatic rings. The average Bonchev–Trinajstić information content (AvgIpc) is 2.99. The summed E-state index contributed by atoms with van der Waals surface area (Å²) in [5, 5.41) is 3.17. The minimum atomic E-state index is -0.451. The molecule has 2 fully saturated rings. The maximum absolute atomic E-state index is 12.3. The van der Waals surface area contributed by atoms with E-state index in [-0.39, 0.29) is 23.9 Å². The number of amides is 1. The lowest BCUT2D eigenvalue weighted by atomic mass is 9.71. The molecule has 1 saturated heterocycles. The van der Waals surface area contributed by atoms with E-state index in [4.69, 9.17) is 9.47 Å². The molecule has 1 heterocycles. The van der Waals surface area contributed by atoms with Crippen molar-refractivity contribution in [3.05, 3.63) is 0 Å². The molecule has 0 radical (unpaired) electrons. The zero-order valence-corrected chi connectivity index (χ0v) is 14.6. The predicted molar refractivity (Wildman–Crippen MR) is 88.0 cm³/mol. The molecular formula is C18H31NO4. The molecule has 1 aliphatic carbocycles. The predicted octanol–water partition coefficient (Wildman–Crippen LogP) is 3.11. The number of hydrogen-bond acceptors (Lipinski definition) is 4. The van der Waals surface area contributed by atoms with Crippen molar-refractivity contribution in [2.24, 2.45) is 0 Å². The van der Waals surface area contributed by atoms with Gasteiger partial charge in [-0.05, 0) is 44.9 Å². The first-order chi connectivity index (χ1) is 11.0. The van der Waals surface area contributed by atoms with Crippen molar-refractivity contribution in [3.63, 3.8) is 0 Å². The van der Waals surface area contributed by atoms with Gasteiger partial charge in [0.25, 0.3) is 0 Å². The van der Waals surface area contributed by atoms with E-state index >= 15 is 0 Å². The topological polar surface area (TPSA) is 64.6 Å². The lowest BCUT2D eigenvalue weighted by Gasteiger charge is -2.44. The molecule has 132 valence electrons. The zero-order valence-electron chi connectivity index (χ0n) is 14.6. The molecule has 5 heteroatoms. The van der Waals surface area contributed by atoms with Gasteiger partial charge in [-0.25, -0.2) is 0 Å². The second kappa shape index (κ2) is 8.13. The van der Waals surface area contributed by atoms with Crippen LogP contribution in [0.1, 0.15) is 77.6 Å². The summed E-state index contributed by atoms with van der Waals surface area (Å²) in [6, 6.07) is 0. The Bertz CT molecular complexity index is 405.